The average Bonchev–Trinajstić information content (AvgIpc) is 2.45. The zero-order valence-electron chi connectivity index (χ0n) is 11.7. The molecule has 0 aliphatic carbocycles. The largest absolute Gasteiger partial charge is 0.376 e. The molecule has 2 rings (SSSR count). The van der Waals surface area contributed by atoms with Gasteiger partial charge in [-0.05, 0) is 18.2 Å². The van der Waals surface area contributed by atoms with Crippen LogP contribution in [0.3, 0.4) is 0 Å². The van der Waals surface area contributed by atoms with E-state index in [2.05, 4.69) is 5.32 Å². The number of carbonyl (C=O) groups excluding carboxylic acids is 1. The summed E-state index contributed by atoms with van der Waals surface area (Å²) in [7, 11) is 3.50. The lowest BCUT2D eigenvalue weighted by Gasteiger charge is -2.23. The van der Waals surface area contributed by atoms with E-state index in [-0.39, 0.29) is 12.0 Å². The van der Waals surface area contributed by atoms with Gasteiger partial charge in [0.25, 0.3) is 5.91 Å². The SMILES string of the molecule is CN(C)c1ccc(C(=O)NC[C@@H]2COCCO2)cc1F. The number of halogens is 1. The molecule has 1 fully saturated rings. The van der Waals surface area contributed by atoms with Crippen LogP contribution < -0.4 is 10.2 Å². The van der Waals surface area contributed by atoms with Crippen LogP contribution in [0.4, 0.5) is 10.1 Å². The second kappa shape index (κ2) is 6.67. The summed E-state index contributed by atoms with van der Waals surface area (Å²) >= 11 is 0. The van der Waals surface area contributed by atoms with Gasteiger partial charge in [-0.25, -0.2) is 4.39 Å². The Labute approximate surface area is 117 Å². The molecule has 0 radical (unpaired) electrons. The van der Waals surface area contributed by atoms with Crippen molar-refractivity contribution in [2.45, 2.75) is 6.10 Å². The van der Waals surface area contributed by atoms with Crippen molar-refractivity contribution in [3.05, 3.63) is 29.6 Å². The minimum absolute atomic E-state index is 0.140. The van der Waals surface area contributed by atoms with Gasteiger partial charge in [-0.2, -0.15) is 0 Å². The van der Waals surface area contributed by atoms with Crippen LogP contribution >= 0.6 is 0 Å². The van der Waals surface area contributed by atoms with Crippen LogP contribution in [0, 0.1) is 5.82 Å². The monoisotopic (exact) mass is 282 g/mol. The normalized spacial score (nSPS) is 18.6. The first-order valence-corrected chi connectivity index (χ1v) is 6.52. The minimum atomic E-state index is -0.417. The summed E-state index contributed by atoms with van der Waals surface area (Å²) < 4.78 is 24.4. The molecule has 1 aliphatic heterocycles. The van der Waals surface area contributed by atoms with Crippen LogP contribution in [0.15, 0.2) is 18.2 Å². The van der Waals surface area contributed by atoms with Gasteiger partial charge >= 0.3 is 0 Å². The second-order valence-corrected chi connectivity index (χ2v) is 4.84. The molecule has 1 heterocycles. The van der Waals surface area contributed by atoms with Crippen molar-refractivity contribution in [2.24, 2.45) is 0 Å². The Hall–Kier alpha value is -1.66. The third-order valence-corrected chi connectivity index (χ3v) is 3.07. The van der Waals surface area contributed by atoms with Crippen LogP contribution in [0.5, 0.6) is 0 Å². The van der Waals surface area contributed by atoms with E-state index < -0.39 is 5.82 Å². The van der Waals surface area contributed by atoms with Gasteiger partial charge < -0.3 is 19.7 Å². The number of nitrogens with zero attached hydrogens (tertiary/aromatic N) is 1. The first-order valence-electron chi connectivity index (χ1n) is 6.52. The highest BCUT2D eigenvalue weighted by atomic mass is 19.1. The number of ether oxygens (including phenoxy) is 2. The van der Waals surface area contributed by atoms with Crippen LogP contribution in [0.2, 0.25) is 0 Å². The molecular weight excluding hydrogens is 263 g/mol. The molecule has 1 aliphatic rings. The van der Waals surface area contributed by atoms with Crippen molar-refractivity contribution in [3.8, 4) is 0 Å². The molecular formula is C14H19FN2O3. The summed E-state index contributed by atoms with van der Waals surface area (Å²) in [6.45, 7) is 1.94. The van der Waals surface area contributed by atoms with Gasteiger partial charge in [-0.3, -0.25) is 4.79 Å². The summed E-state index contributed by atoms with van der Waals surface area (Å²) in [6.07, 6.45) is -0.140. The maximum atomic E-state index is 13.8. The molecule has 1 N–H and O–H groups in total. The van der Waals surface area contributed by atoms with Crippen molar-refractivity contribution < 1.29 is 18.7 Å². The van der Waals surface area contributed by atoms with Crippen LogP contribution in [-0.2, 0) is 9.47 Å². The minimum Gasteiger partial charge on any atom is -0.376 e. The number of hydrogen-bond donors (Lipinski definition) is 1. The number of carbonyl (C=O) groups is 1. The first kappa shape index (κ1) is 14.7. The lowest BCUT2D eigenvalue weighted by Crippen LogP contribution is -2.39. The Balaban J connectivity index is 1.93. The second-order valence-electron chi connectivity index (χ2n) is 4.84. The van der Waals surface area contributed by atoms with E-state index in [1.54, 1.807) is 31.1 Å². The summed E-state index contributed by atoms with van der Waals surface area (Å²) in [5.74, 6) is -0.733. The van der Waals surface area contributed by atoms with Crippen molar-refractivity contribution in [3.63, 3.8) is 0 Å². The fourth-order valence-corrected chi connectivity index (χ4v) is 1.97. The zero-order chi connectivity index (χ0) is 14.5. The number of anilines is 1. The van der Waals surface area contributed by atoms with Crippen LogP contribution in [0.25, 0.3) is 0 Å². The topological polar surface area (TPSA) is 50.8 Å². The van der Waals surface area contributed by atoms with Gasteiger partial charge in [0.2, 0.25) is 0 Å². The van der Waals surface area contributed by atoms with Gasteiger partial charge in [-0.1, -0.05) is 0 Å². The van der Waals surface area contributed by atoms with Gasteiger partial charge in [0.15, 0.2) is 0 Å². The van der Waals surface area contributed by atoms with Crippen molar-refractivity contribution in [1.82, 2.24) is 5.32 Å². The summed E-state index contributed by atoms with van der Waals surface area (Å²) in [6, 6.07) is 4.43. The predicted octanol–water partition coefficient (Wildman–Crippen LogP) is 1.04. The fourth-order valence-electron chi connectivity index (χ4n) is 1.97. The Bertz CT molecular complexity index is 473. The Morgan fingerprint density at radius 1 is 1.45 bits per heavy atom. The third-order valence-electron chi connectivity index (χ3n) is 3.07. The molecule has 1 aromatic rings. The fraction of sp³-hybridized carbons (Fsp3) is 0.500. The van der Waals surface area contributed by atoms with E-state index in [0.717, 1.165) is 0 Å². The van der Waals surface area contributed by atoms with Crippen molar-refractivity contribution >= 4 is 11.6 Å². The predicted molar refractivity (Wildman–Crippen MR) is 73.6 cm³/mol. The molecule has 0 saturated carbocycles. The average molecular weight is 282 g/mol. The van der Waals surface area contributed by atoms with E-state index in [1.807, 2.05) is 0 Å². The Kier molecular flexibility index (Phi) is 4.92. The molecule has 1 amide bonds. The van der Waals surface area contributed by atoms with Gasteiger partial charge in [0.05, 0.1) is 31.6 Å². The van der Waals surface area contributed by atoms with Gasteiger partial charge in [0.1, 0.15) is 5.82 Å². The van der Waals surface area contributed by atoms with E-state index in [4.69, 9.17) is 9.47 Å². The lowest BCUT2D eigenvalue weighted by atomic mass is 10.1. The lowest BCUT2D eigenvalue weighted by molar-refractivity contribution is -0.0855. The molecule has 110 valence electrons. The Morgan fingerprint density at radius 3 is 2.85 bits per heavy atom. The Morgan fingerprint density at radius 2 is 2.25 bits per heavy atom. The number of hydrogen-bond acceptors (Lipinski definition) is 4. The molecule has 0 unspecified atom stereocenters. The standard InChI is InChI=1S/C14H19FN2O3/c1-17(2)13-4-3-10(7-12(13)15)14(18)16-8-11-9-19-5-6-20-11/h3-4,7,11H,5-6,8-9H2,1-2H3,(H,16,18)/t11-/m1/s1. The molecule has 1 atom stereocenters. The first-order chi connectivity index (χ1) is 9.58. The summed E-state index contributed by atoms with van der Waals surface area (Å²) in [4.78, 5) is 13.6. The molecule has 0 bridgehead atoms. The molecule has 20 heavy (non-hydrogen) atoms. The highest BCUT2D eigenvalue weighted by molar-refractivity contribution is 5.94. The molecule has 6 heteroatoms. The van der Waals surface area contributed by atoms with Crippen LogP contribution in [0.1, 0.15) is 10.4 Å². The zero-order valence-corrected chi connectivity index (χ0v) is 11.7. The van der Waals surface area contributed by atoms with Crippen molar-refractivity contribution in [2.75, 3.05) is 45.4 Å². The highest BCUT2D eigenvalue weighted by Crippen LogP contribution is 2.18. The van der Waals surface area contributed by atoms with Gasteiger partial charge in [-0.15, -0.1) is 0 Å². The van der Waals surface area contributed by atoms with Gasteiger partial charge in [0, 0.05) is 26.2 Å². The molecule has 1 aromatic carbocycles. The molecule has 0 spiro atoms. The number of nitrogens with one attached hydrogen (secondary N) is 1. The van der Waals surface area contributed by atoms with E-state index >= 15 is 0 Å². The summed E-state index contributed by atoms with van der Waals surface area (Å²) in [5.41, 5.74) is 0.746. The van der Waals surface area contributed by atoms with E-state index in [0.29, 0.717) is 37.6 Å². The quantitative estimate of drug-likeness (QED) is 0.896. The van der Waals surface area contributed by atoms with Crippen molar-refractivity contribution in [1.29, 1.82) is 0 Å². The maximum Gasteiger partial charge on any atom is 0.251 e. The highest BCUT2D eigenvalue weighted by Gasteiger charge is 2.16. The van der Waals surface area contributed by atoms with E-state index in [9.17, 15) is 9.18 Å². The maximum absolute atomic E-state index is 13.8. The molecule has 5 nitrogen and oxygen atoms in total. The smallest absolute Gasteiger partial charge is 0.251 e. The van der Waals surface area contributed by atoms with Crippen LogP contribution in [-0.4, -0.2) is 52.5 Å². The molecule has 1 saturated heterocycles. The third kappa shape index (κ3) is 3.68. The summed E-state index contributed by atoms with van der Waals surface area (Å²) in [5, 5.41) is 2.72. The number of rotatable bonds is 4. The number of amides is 1. The number of benzene rings is 1. The molecule has 0 aromatic heterocycles. The van der Waals surface area contributed by atoms with E-state index in [1.165, 1.54) is 6.07 Å².